The minimum absolute atomic E-state index is 0.0107. The highest BCUT2D eigenvalue weighted by Gasteiger charge is 2.32. The first-order valence-corrected chi connectivity index (χ1v) is 33.5. The lowest BCUT2D eigenvalue weighted by atomic mass is 9.83. The van der Waals surface area contributed by atoms with Gasteiger partial charge in [-0.2, -0.15) is 0 Å². The third kappa shape index (κ3) is 17.2. The quantitative estimate of drug-likeness (QED) is 0.0421. The van der Waals surface area contributed by atoms with Gasteiger partial charge in [-0.25, -0.2) is 0 Å². The molecule has 0 atom stereocenters. The monoisotopic (exact) mass is 1410 g/mol. The smallest absolute Gasteiger partial charge is 0.182 e. The van der Waals surface area contributed by atoms with Gasteiger partial charge in [0.05, 0.1) is 71.1 Å². The van der Waals surface area contributed by atoms with Gasteiger partial charge >= 0.3 is 0 Å². The summed E-state index contributed by atoms with van der Waals surface area (Å²) in [5.74, 6) is 2.45. The van der Waals surface area contributed by atoms with E-state index in [0.29, 0.717) is 49.2 Å². The van der Waals surface area contributed by atoms with E-state index in [-0.39, 0.29) is 87.4 Å². The average Bonchev–Trinajstić information content (AvgIpc) is 0.805. The van der Waals surface area contributed by atoms with Gasteiger partial charge in [0.2, 0.25) is 0 Å². The van der Waals surface area contributed by atoms with Crippen LogP contribution in [0.3, 0.4) is 0 Å². The van der Waals surface area contributed by atoms with Crippen LogP contribution in [0.15, 0.2) is 177 Å². The summed E-state index contributed by atoms with van der Waals surface area (Å²) < 4.78 is 58.6. The molecule has 104 heavy (non-hydrogen) atoms. The Morgan fingerprint density at radius 1 is 0.202 bits per heavy atom. The molecule has 5 aromatic carbocycles. The van der Waals surface area contributed by atoms with Gasteiger partial charge < -0.3 is 47.4 Å². The van der Waals surface area contributed by atoms with E-state index in [9.17, 15) is 47.9 Å². The number of ether oxygens (including phenoxy) is 10. The number of methoxy groups -OCH3 is 10. The topological polar surface area (TPSA) is 263 Å². The number of hydrogen-bond donors (Lipinski definition) is 0. The maximum Gasteiger partial charge on any atom is 0.182 e. The molecule has 0 aliphatic heterocycles. The van der Waals surface area contributed by atoms with Crippen LogP contribution in [-0.4, -0.2) is 129 Å². The fourth-order valence-electron chi connectivity index (χ4n) is 12.9. The molecule has 0 unspecified atom stereocenters. The van der Waals surface area contributed by atoms with Crippen LogP contribution in [-0.2, 0) is 80.0 Å². The van der Waals surface area contributed by atoms with Gasteiger partial charge in [0.1, 0.15) is 57.5 Å². The maximum absolute atomic E-state index is 12.9. The summed E-state index contributed by atoms with van der Waals surface area (Å²) in [6.07, 6.45) is 13.2. The van der Waals surface area contributed by atoms with Crippen LogP contribution in [0.4, 0.5) is 0 Å². The zero-order chi connectivity index (χ0) is 75.4. The van der Waals surface area contributed by atoms with Crippen molar-refractivity contribution in [2.45, 2.75) is 91.9 Å². The van der Waals surface area contributed by atoms with E-state index in [1.807, 2.05) is 67.6 Å². The molecule has 0 aromatic heterocycles. The van der Waals surface area contributed by atoms with E-state index in [1.54, 1.807) is 78.0 Å². The van der Waals surface area contributed by atoms with Crippen LogP contribution >= 0.6 is 0 Å². The van der Waals surface area contributed by atoms with Gasteiger partial charge in [-0.3, -0.25) is 47.9 Å². The minimum Gasteiger partial charge on any atom is -0.496 e. The largest absolute Gasteiger partial charge is 0.496 e. The summed E-state index contributed by atoms with van der Waals surface area (Å²) in [4.78, 5) is 126. The molecule has 0 fully saturated rings. The second-order valence-electron chi connectivity index (χ2n) is 25.2. The van der Waals surface area contributed by atoms with Gasteiger partial charge in [0, 0.05) is 152 Å². The molecule has 0 saturated carbocycles. The van der Waals surface area contributed by atoms with Crippen molar-refractivity contribution in [3.63, 3.8) is 0 Å². The standard InChI is InChI=1S/C47H56O10.C37H26O10/c1-13-29-19-41(51-6)31(21-40(29)50-5)16-33-23-45(55-10)35(25-44(33)54-9)18-37-27-46(56-11)36(26-47(37)57-12)17-34-24-42(52-7)32(22-43(34)53-8)15-30-20-38(48-3)28(2)14-39(30)49-4;1-3-19-9-31(41)21(11-30(19)40)6-23-13-35(45)25(15-34(23)44)8-27-17-36(46)26(16-37(27)47)7-24-14-32(42)22(12-33(24)43)5-20-10-28(38)18(2)4-29(20)39/h14,19-27H,13,15-18H2,1-12H3;4,9-17H,3,5-8H2,1-2H3. The second kappa shape index (κ2) is 33.8. The Labute approximate surface area is 603 Å². The number of ketones is 10. The molecule has 20 heteroatoms. The Balaban J connectivity index is 0.000000246. The van der Waals surface area contributed by atoms with Crippen LogP contribution in [0.1, 0.15) is 109 Å². The molecule has 0 radical (unpaired) electrons. The predicted octanol–water partition coefficient (Wildman–Crippen LogP) is 12.0. The molecule has 0 saturated heterocycles. The third-order valence-electron chi connectivity index (χ3n) is 18.7. The molecule has 0 amide bonds. The summed E-state index contributed by atoms with van der Waals surface area (Å²) in [5, 5.41) is 0. The Bertz CT molecular complexity index is 4790. The molecular formula is C84H82O20. The Hall–Kier alpha value is -11.8. The SMILES string of the molecule is CCC1=CC(=O)C(CC2=CC(=O)C(CC3=CC(=O)C(CC4=CC(=O)C(CC5=CC(=O)C(C)=CC5=O)=CC4=O)=CC3=O)=CC2=O)=CC1=O.CCc1cc(OC)c(Cc2cc(OC)c(Cc3cc(OC)c(Cc4cc(OC)c(Cc5cc(OC)c(C)cc5OC)cc4OC)cc3OC)cc2OC)cc1OC. The number of rotatable bonds is 28. The Kier molecular flexibility index (Phi) is 24.8. The highest BCUT2D eigenvalue weighted by Crippen LogP contribution is 2.42. The highest BCUT2D eigenvalue weighted by molar-refractivity contribution is 6.27. The van der Waals surface area contributed by atoms with Crippen molar-refractivity contribution in [1.82, 2.24) is 0 Å². The van der Waals surface area contributed by atoms with E-state index in [2.05, 4.69) is 6.92 Å². The molecule has 0 N–H and O–H groups in total. The molecule has 10 rings (SSSR count). The Morgan fingerprint density at radius 2 is 0.385 bits per heavy atom. The van der Waals surface area contributed by atoms with Gasteiger partial charge in [0.15, 0.2) is 57.8 Å². The van der Waals surface area contributed by atoms with Crippen molar-refractivity contribution in [3.8, 4) is 57.5 Å². The first kappa shape index (κ1) is 76.4. The van der Waals surface area contributed by atoms with Crippen LogP contribution in [0, 0.1) is 6.92 Å². The number of benzene rings is 5. The van der Waals surface area contributed by atoms with Gasteiger partial charge in [-0.15, -0.1) is 0 Å². The molecule has 5 aliphatic carbocycles. The number of carbonyl (C=O) groups is 10. The zero-order valence-corrected chi connectivity index (χ0v) is 60.8. The first-order chi connectivity index (χ1) is 49.8. The summed E-state index contributed by atoms with van der Waals surface area (Å²) in [5.41, 5.74) is 10.3. The van der Waals surface area contributed by atoms with Crippen LogP contribution in [0.5, 0.6) is 57.5 Å². The van der Waals surface area contributed by atoms with Gasteiger partial charge in [-0.1, -0.05) is 13.8 Å². The van der Waals surface area contributed by atoms with Crippen molar-refractivity contribution >= 4 is 57.8 Å². The molecule has 0 heterocycles. The second-order valence-corrected chi connectivity index (χ2v) is 25.2. The lowest BCUT2D eigenvalue weighted by Gasteiger charge is -2.20. The first-order valence-electron chi connectivity index (χ1n) is 33.5. The average molecular weight is 1410 g/mol. The van der Waals surface area contributed by atoms with Crippen LogP contribution in [0.25, 0.3) is 0 Å². The summed E-state index contributed by atoms with van der Waals surface area (Å²) in [6, 6.07) is 20.2. The summed E-state index contributed by atoms with van der Waals surface area (Å²) in [6.45, 7) is 7.32. The molecule has 0 bridgehead atoms. The molecular weight excluding hydrogens is 1330 g/mol. The lowest BCUT2D eigenvalue weighted by Crippen LogP contribution is -2.21. The van der Waals surface area contributed by atoms with Crippen LogP contribution in [0.2, 0.25) is 0 Å². The van der Waals surface area contributed by atoms with Crippen molar-refractivity contribution in [1.29, 1.82) is 0 Å². The Morgan fingerprint density at radius 3 is 0.615 bits per heavy atom. The van der Waals surface area contributed by atoms with E-state index in [4.69, 9.17) is 47.4 Å². The predicted molar refractivity (Wildman–Crippen MR) is 388 cm³/mol. The van der Waals surface area contributed by atoms with E-state index in [0.717, 1.165) is 151 Å². The number of carbonyl (C=O) groups excluding carboxylic acids is 10. The van der Waals surface area contributed by atoms with Gasteiger partial charge in [-0.05, 0) is 159 Å². The molecule has 5 aliphatic rings. The van der Waals surface area contributed by atoms with E-state index >= 15 is 0 Å². The third-order valence-corrected chi connectivity index (χ3v) is 18.7. The van der Waals surface area contributed by atoms with Gasteiger partial charge in [0.25, 0.3) is 0 Å². The summed E-state index contributed by atoms with van der Waals surface area (Å²) in [7, 11) is 16.8. The summed E-state index contributed by atoms with van der Waals surface area (Å²) >= 11 is 0. The van der Waals surface area contributed by atoms with E-state index in [1.165, 1.54) is 25.2 Å². The molecule has 0 spiro atoms. The maximum atomic E-state index is 12.9. The normalized spacial score (nSPS) is 15.2. The number of hydrogen-bond acceptors (Lipinski definition) is 20. The fourth-order valence-corrected chi connectivity index (χ4v) is 12.9. The molecule has 5 aromatic rings. The molecule has 538 valence electrons. The zero-order valence-electron chi connectivity index (χ0n) is 60.8. The highest BCUT2D eigenvalue weighted by atomic mass is 16.5. The van der Waals surface area contributed by atoms with Crippen LogP contribution < -0.4 is 47.4 Å². The van der Waals surface area contributed by atoms with Crippen molar-refractivity contribution in [2.75, 3.05) is 71.1 Å². The number of aryl methyl sites for hydroxylation is 2. The molecule has 20 nitrogen and oxygen atoms in total. The van der Waals surface area contributed by atoms with Crippen molar-refractivity contribution < 1.29 is 95.3 Å². The lowest BCUT2D eigenvalue weighted by molar-refractivity contribution is -0.116. The van der Waals surface area contributed by atoms with Crippen molar-refractivity contribution in [2.24, 2.45) is 0 Å². The minimum atomic E-state index is -0.618. The fraction of sp³-hybridized carbons (Fsp3) is 0.286. The van der Waals surface area contributed by atoms with E-state index < -0.39 is 46.3 Å². The van der Waals surface area contributed by atoms with Crippen molar-refractivity contribution in [3.05, 3.63) is 233 Å². The number of allylic oxidation sites excluding steroid dienone is 20.